The SMILES string of the molecule is CC(C)c1nc2c(F)c(F)c(F)c(F)c2o1. The van der Waals surface area contributed by atoms with Gasteiger partial charge < -0.3 is 4.42 Å². The van der Waals surface area contributed by atoms with Gasteiger partial charge in [-0.05, 0) is 0 Å². The Bertz CT molecular complexity index is 517. The van der Waals surface area contributed by atoms with Crippen molar-refractivity contribution in [2.75, 3.05) is 0 Å². The molecule has 0 unspecified atom stereocenters. The molecule has 0 amide bonds. The Labute approximate surface area is 87.9 Å². The lowest BCUT2D eigenvalue weighted by molar-refractivity contribution is 0.407. The fourth-order valence-electron chi connectivity index (χ4n) is 1.28. The molecule has 0 N–H and O–H groups in total. The lowest BCUT2D eigenvalue weighted by Crippen LogP contribution is -1.96. The van der Waals surface area contributed by atoms with Gasteiger partial charge in [0.2, 0.25) is 11.6 Å². The van der Waals surface area contributed by atoms with Crippen LogP contribution in [0.15, 0.2) is 4.42 Å². The van der Waals surface area contributed by atoms with E-state index in [0.717, 1.165) is 0 Å². The van der Waals surface area contributed by atoms with Gasteiger partial charge in [-0.3, -0.25) is 0 Å². The maximum atomic E-state index is 13.2. The minimum atomic E-state index is -1.89. The molecule has 1 aromatic heterocycles. The van der Waals surface area contributed by atoms with E-state index in [1.165, 1.54) is 0 Å². The first-order valence-electron chi connectivity index (χ1n) is 4.55. The minimum Gasteiger partial charge on any atom is -0.437 e. The average Bonchev–Trinajstić information content (AvgIpc) is 2.68. The molecule has 2 nitrogen and oxygen atoms in total. The summed E-state index contributed by atoms with van der Waals surface area (Å²) in [7, 11) is 0. The van der Waals surface area contributed by atoms with Gasteiger partial charge in [0.15, 0.2) is 28.6 Å². The van der Waals surface area contributed by atoms with Gasteiger partial charge >= 0.3 is 0 Å². The summed E-state index contributed by atoms with van der Waals surface area (Å²) in [4.78, 5) is 3.59. The standard InChI is InChI=1S/C10H7F4NO/c1-3(2)10-15-8-6(13)4(11)5(12)7(14)9(8)16-10/h3H,1-2H3. The second-order valence-corrected chi connectivity index (χ2v) is 3.64. The number of rotatable bonds is 1. The highest BCUT2D eigenvalue weighted by atomic mass is 19.2. The molecule has 2 rings (SSSR count). The van der Waals surface area contributed by atoms with Crippen LogP contribution in [0, 0.1) is 23.3 Å². The van der Waals surface area contributed by atoms with Crippen LogP contribution in [0.25, 0.3) is 11.1 Å². The number of aromatic nitrogens is 1. The third kappa shape index (κ3) is 1.36. The molecule has 86 valence electrons. The van der Waals surface area contributed by atoms with E-state index in [1.807, 2.05) is 0 Å². The second-order valence-electron chi connectivity index (χ2n) is 3.64. The minimum absolute atomic E-state index is 0.0257. The third-order valence-corrected chi connectivity index (χ3v) is 2.12. The molecule has 0 aliphatic carbocycles. The maximum absolute atomic E-state index is 13.2. The fourth-order valence-corrected chi connectivity index (χ4v) is 1.28. The second kappa shape index (κ2) is 3.47. The number of oxazole rings is 1. The summed E-state index contributed by atoms with van der Waals surface area (Å²) in [6.45, 7) is 3.35. The smallest absolute Gasteiger partial charge is 0.206 e. The lowest BCUT2D eigenvalue weighted by Gasteiger charge is -1.96. The zero-order valence-electron chi connectivity index (χ0n) is 8.44. The van der Waals surface area contributed by atoms with Gasteiger partial charge in [-0.1, -0.05) is 13.8 Å². The van der Waals surface area contributed by atoms with Crippen LogP contribution >= 0.6 is 0 Å². The van der Waals surface area contributed by atoms with Gasteiger partial charge in [0, 0.05) is 5.92 Å². The monoisotopic (exact) mass is 233 g/mol. The summed E-state index contributed by atoms with van der Waals surface area (Å²) in [6.07, 6.45) is 0. The number of hydrogen-bond donors (Lipinski definition) is 0. The Morgan fingerprint density at radius 1 is 0.938 bits per heavy atom. The van der Waals surface area contributed by atoms with Crippen LogP contribution in [0.4, 0.5) is 17.6 Å². The van der Waals surface area contributed by atoms with Crippen molar-refractivity contribution < 1.29 is 22.0 Å². The van der Waals surface area contributed by atoms with Crippen molar-refractivity contribution >= 4 is 11.1 Å². The largest absolute Gasteiger partial charge is 0.437 e. The van der Waals surface area contributed by atoms with Crippen LogP contribution in [0.5, 0.6) is 0 Å². The molecule has 0 bridgehead atoms. The van der Waals surface area contributed by atoms with Crippen LogP contribution in [0.2, 0.25) is 0 Å². The van der Waals surface area contributed by atoms with Crippen LogP contribution in [-0.4, -0.2) is 4.98 Å². The van der Waals surface area contributed by atoms with Crippen molar-refractivity contribution in [2.24, 2.45) is 0 Å². The van der Waals surface area contributed by atoms with Gasteiger partial charge in [-0.25, -0.2) is 18.2 Å². The van der Waals surface area contributed by atoms with Gasteiger partial charge in [0.1, 0.15) is 0 Å². The van der Waals surface area contributed by atoms with Gasteiger partial charge in [-0.2, -0.15) is 4.39 Å². The number of nitrogens with zero attached hydrogens (tertiary/aromatic N) is 1. The van der Waals surface area contributed by atoms with E-state index in [0.29, 0.717) is 0 Å². The summed E-state index contributed by atoms with van der Waals surface area (Å²) in [6, 6.07) is 0. The summed E-state index contributed by atoms with van der Waals surface area (Å²) in [5.41, 5.74) is -1.32. The molecule has 16 heavy (non-hydrogen) atoms. The maximum Gasteiger partial charge on any atom is 0.206 e. The number of halogens is 4. The van der Waals surface area contributed by atoms with Crippen LogP contribution < -0.4 is 0 Å². The molecule has 0 spiro atoms. The summed E-state index contributed by atoms with van der Waals surface area (Å²) < 4.78 is 57.0. The number of fused-ring (bicyclic) bond motifs is 1. The van der Waals surface area contributed by atoms with E-state index in [4.69, 9.17) is 4.42 Å². The van der Waals surface area contributed by atoms with E-state index in [-0.39, 0.29) is 11.8 Å². The number of benzene rings is 1. The predicted molar refractivity (Wildman–Crippen MR) is 47.9 cm³/mol. The fraction of sp³-hybridized carbons (Fsp3) is 0.300. The van der Waals surface area contributed by atoms with E-state index in [9.17, 15) is 17.6 Å². The van der Waals surface area contributed by atoms with Gasteiger partial charge in [-0.15, -0.1) is 0 Å². The molecule has 1 heterocycles. The van der Waals surface area contributed by atoms with Crippen molar-refractivity contribution in [1.29, 1.82) is 0 Å². The van der Waals surface area contributed by atoms with Crippen LogP contribution in [0.1, 0.15) is 25.7 Å². The Morgan fingerprint density at radius 3 is 2.06 bits per heavy atom. The summed E-state index contributed by atoms with van der Waals surface area (Å²) in [5, 5.41) is 0. The van der Waals surface area contributed by atoms with Crippen molar-refractivity contribution in [3.8, 4) is 0 Å². The highest BCUT2D eigenvalue weighted by Crippen LogP contribution is 2.29. The Kier molecular flexibility index (Phi) is 2.36. The molecule has 6 heteroatoms. The van der Waals surface area contributed by atoms with Crippen LogP contribution in [-0.2, 0) is 0 Å². The molecule has 0 aliphatic rings. The molecule has 0 atom stereocenters. The molecule has 1 aromatic carbocycles. The normalized spacial score (nSPS) is 11.7. The highest BCUT2D eigenvalue weighted by Gasteiger charge is 2.25. The third-order valence-electron chi connectivity index (χ3n) is 2.12. The van der Waals surface area contributed by atoms with Crippen LogP contribution in [0.3, 0.4) is 0 Å². The van der Waals surface area contributed by atoms with Crippen molar-refractivity contribution in [3.63, 3.8) is 0 Å². The Hall–Kier alpha value is -1.59. The zero-order valence-corrected chi connectivity index (χ0v) is 8.44. The predicted octanol–water partition coefficient (Wildman–Crippen LogP) is 3.51. The molecule has 0 aliphatic heterocycles. The van der Waals surface area contributed by atoms with Crippen molar-refractivity contribution in [3.05, 3.63) is 29.2 Å². The molecule has 0 saturated carbocycles. The van der Waals surface area contributed by atoms with E-state index in [1.54, 1.807) is 13.8 Å². The van der Waals surface area contributed by atoms with E-state index >= 15 is 0 Å². The first kappa shape index (κ1) is 10.9. The average molecular weight is 233 g/mol. The first-order valence-corrected chi connectivity index (χ1v) is 4.55. The summed E-state index contributed by atoms with van der Waals surface area (Å²) in [5.74, 6) is -7.09. The number of hydrogen-bond acceptors (Lipinski definition) is 2. The molecule has 0 saturated heterocycles. The van der Waals surface area contributed by atoms with Gasteiger partial charge in [0.25, 0.3) is 0 Å². The molecular weight excluding hydrogens is 226 g/mol. The van der Waals surface area contributed by atoms with Crippen molar-refractivity contribution in [2.45, 2.75) is 19.8 Å². The first-order chi connectivity index (χ1) is 7.43. The van der Waals surface area contributed by atoms with Gasteiger partial charge in [0.05, 0.1) is 0 Å². The lowest BCUT2D eigenvalue weighted by atomic mass is 10.2. The Balaban J connectivity index is 2.86. The highest BCUT2D eigenvalue weighted by molar-refractivity contribution is 5.74. The molecule has 0 radical (unpaired) electrons. The van der Waals surface area contributed by atoms with E-state index in [2.05, 4.69) is 4.98 Å². The molecular formula is C10H7F4NO. The topological polar surface area (TPSA) is 26.0 Å². The quantitative estimate of drug-likeness (QED) is 0.428. The Morgan fingerprint density at radius 2 is 1.50 bits per heavy atom. The molecule has 2 aromatic rings. The summed E-state index contributed by atoms with van der Waals surface area (Å²) >= 11 is 0. The molecule has 0 fully saturated rings. The zero-order chi connectivity index (χ0) is 12.0. The van der Waals surface area contributed by atoms with E-state index < -0.39 is 34.4 Å². The van der Waals surface area contributed by atoms with Crippen molar-refractivity contribution in [1.82, 2.24) is 4.98 Å².